The maximum Gasteiger partial charge on any atom is 0.244 e. The standard InChI is InChI=1S/C12H21N3O2S/c1-10-3-6-15(8-11(10)7-13)18(16,17)12-4-5-14(2)9-12/h4-5,9-11H,3,6-8,13H2,1-2H3. The molecule has 2 rings (SSSR count). The van der Waals surface area contributed by atoms with E-state index in [1.54, 1.807) is 27.3 Å². The van der Waals surface area contributed by atoms with Gasteiger partial charge in [-0.2, -0.15) is 4.31 Å². The number of nitrogens with zero attached hydrogens (tertiary/aromatic N) is 2. The highest BCUT2D eigenvalue weighted by Crippen LogP contribution is 2.27. The molecule has 0 aliphatic carbocycles. The number of hydrogen-bond donors (Lipinski definition) is 1. The first-order chi connectivity index (χ1) is 8.45. The SMILES string of the molecule is CC1CCN(S(=O)(=O)c2ccn(C)c2)CC1CN. The van der Waals surface area contributed by atoms with Crippen molar-refractivity contribution in [1.29, 1.82) is 0 Å². The molecule has 2 unspecified atom stereocenters. The number of aryl methyl sites for hydroxylation is 1. The summed E-state index contributed by atoms with van der Waals surface area (Å²) < 4.78 is 28.2. The summed E-state index contributed by atoms with van der Waals surface area (Å²) in [5.74, 6) is 0.759. The second-order valence-corrected chi connectivity index (χ2v) is 7.08. The third-order valence-corrected chi connectivity index (χ3v) is 5.67. The van der Waals surface area contributed by atoms with Crippen LogP contribution < -0.4 is 5.73 Å². The smallest absolute Gasteiger partial charge is 0.244 e. The van der Waals surface area contributed by atoms with Crippen LogP contribution in [0.15, 0.2) is 23.4 Å². The monoisotopic (exact) mass is 271 g/mol. The Morgan fingerprint density at radius 2 is 2.22 bits per heavy atom. The van der Waals surface area contributed by atoms with Crippen molar-refractivity contribution >= 4 is 10.0 Å². The minimum atomic E-state index is -3.35. The summed E-state index contributed by atoms with van der Waals surface area (Å²) in [7, 11) is -1.53. The van der Waals surface area contributed by atoms with E-state index in [4.69, 9.17) is 5.73 Å². The average molecular weight is 271 g/mol. The predicted molar refractivity (Wildman–Crippen MR) is 70.5 cm³/mol. The highest BCUT2D eigenvalue weighted by Gasteiger charge is 2.33. The van der Waals surface area contributed by atoms with Crippen LogP contribution in [-0.2, 0) is 17.1 Å². The van der Waals surface area contributed by atoms with Crippen molar-refractivity contribution in [3.8, 4) is 0 Å². The molecule has 0 radical (unpaired) electrons. The van der Waals surface area contributed by atoms with E-state index in [2.05, 4.69) is 6.92 Å². The molecule has 1 saturated heterocycles. The molecule has 1 aromatic heterocycles. The Morgan fingerprint density at radius 1 is 1.50 bits per heavy atom. The Hall–Kier alpha value is -0.850. The first-order valence-corrected chi connectivity index (χ1v) is 7.71. The van der Waals surface area contributed by atoms with E-state index < -0.39 is 10.0 Å². The van der Waals surface area contributed by atoms with Gasteiger partial charge in [0.2, 0.25) is 10.0 Å². The third-order valence-electron chi connectivity index (χ3n) is 3.82. The Balaban J connectivity index is 2.21. The van der Waals surface area contributed by atoms with E-state index >= 15 is 0 Å². The van der Waals surface area contributed by atoms with Crippen LogP contribution >= 0.6 is 0 Å². The fourth-order valence-electron chi connectivity index (χ4n) is 2.42. The Morgan fingerprint density at radius 3 is 2.78 bits per heavy atom. The zero-order valence-corrected chi connectivity index (χ0v) is 11.7. The lowest BCUT2D eigenvalue weighted by Crippen LogP contribution is -2.45. The van der Waals surface area contributed by atoms with Crippen LogP contribution in [0.2, 0.25) is 0 Å². The van der Waals surface area contributed by atoms with Crippen molar-refractivity contribution in [2.75, 3.05) is 19.6 Å². The number of aromatic nitrogens is 1. The molecule has 1 aromatic rings. The molecule has 0 saturated carbocycles. The number of piperidine rings is 1. The lowest BCUT2D eigenvalue weighted by atomic mass is 9.88. The van der Waals surface area contributed by atoms with Crippen LogP contribution in [-0.4, -0.2) is 36.9 Å². The van der Waals surface area contributed by atoms with Crippen molar-refractivity contribution in [1.82, 2.24) is 8.87 Å². The summed E-state index contributed by atoms with van der Waals surface area (Å²) in [6.07, 6.45) is 4.28. The maximum atomic E-state index is 12.4. The van der Waals surface area contributed by atoms with Gasteiger partial charge in [-0.15, -0.1) is 0 Å². The molecule has 2 atom stereocenters. The quantitative estimate of drug-likeness (QED) is 0.876. The zero-order chi connectivity index (χ0) is 13.3. The molecule has 0 spiro atoms. The molecule has 0 aromatic carbocycles. The van der Waals surface area contributed by atoms with Crippen LogP contribution in [0.3, 0.4) is 0 Å². The highest BCUT2D eigenvalue weighted by molar-refractivity contribution is 7.89. The lowest BCUT2D eigenvalue weighted by molar-refractivity contribution is 0.203. The lowest BCUT2D eigenvalue weighted by Gasteiger charge is -2.35. The summed E-state index contributed by atoms with van der Waals surface area (Å²) in [5.41, 5.74) is 5.72. The van der Waals surface area contributed by atoms with Gasteiger partial charge in [0.05, 0.1) is 4.90 Å². The van der Waals surface area contributed by atoms with Gasteiger partial charge in [0.1, 0.15) is 0 Å². The normalized spacial score (nSPS) is 26.4. The van der Waals surface area contributed by atoms with E-state index in [0.29, 0.717) is 30.4 Å². The number of nitrogens with two attached hydrogens (primary N) is 1. The van der Waals surface area contributed by atoms with Crippen molar-refractivity contribution in [2.45, 2.75) is 18.2 Å². The maximum absolute atomic E-state index is 12.4. The van der Waals surface area contributed by atoms with E-state index in [-0.39, 0.29) is 5.92 Å². The molecule has 0 amide bonds. The molecular formula is C12H21N3O2S. The van der Waals surface area contributed by atoms with E-state index in [9.17, 15) is 8.42 Å². The number of sulfonamides is 1. The topological polar surface area (TPSA) is 68.3 Å². The summed E-state index contributed by atoms with van der Waals surface area (Å²) in [4.78, 5) is 0.371. The second-order valence-electron chi connectivity index (χ2n) is 5.14. The minimum Gasteiger partial charge on any atom is -0.356 e. The molecule has 6 heteroatoms. The molecule has 5 nitrogen and oxygen atoms in total. The highest BCUT2D eigenvalue weighted by atomic mass is 32.2. The van der Waals surface area contributed by atoms with Crippen LogP contribution in [0.4, 0.5) is 0 Å². The van der Waals surface area contributed by atoms with Crippen LogP contribution in [0, 0.1) is 11.8 Å². The van der Waals surface area contributed by atoms with Crippen LogP contribution in [0.25, 0.3) is 0 Å². The van der Waals surface area contributed by atoms with Crippen molar-refractivity contribution in [3.05, 3.63) is 18.5 Å². The van der Waals surface area contributed by atoms with Crippen molar-refractivity contribution < 1.29 is 8.42 Å². The number of hydrogen-bond acceptors (Lipinski definition) is 3. The third kappa shape index (κ3) is 2.46. The van der Waals surface area contributed by atoms with Gasteiger partial charge in [0.15, 0.2) is 0 Å². The first kappa shape index (κ1) is 13.6. The molecule has 18 heavy (non-hydrogen) atoms. The molecule has 0 bridgehead atoms. The zero-order valence-electron chi connectivity index (χ0n) is 10.9. The predicted octanol–water partition coefficient (Wildman–Crippen LogP) is 0.631. The van der Waals surface area contributed by atoms with Crippen LogP contribution in [0.1, 0.15) is 13.3 Å². The molecule has 1 aliphatic rings. The van der Waals surface area contributed by atoms with Gasteiger partial charge >= 0.3 is 0 Å². The minimum absolute atomic E-state index is 0.261. The van der Waals surface area contributed by atoms with Gasteiger partial charge < -0.3 is 10.3 Å². The van der Waals surface area contributed by atoms with Gasteiger partial charge in [0.25, 0.3) is 0 Å². The average Bonchev–Trinajstić information content (AvgIpc) is 2.77. The molecule has 1 fully saturated rings. The fourth-order valence-corrected chi connectivity index (χ4v) is 3.98. The van der Waals surface area contributed by atoms with Crippen molar-refractivity contribution in [2.24, 2.45) is 24.6 Å². The Kier molecular flexibility index (Phi) is 3.79. The molecular weight excluding hydrogens is 250 g/mol. The summed E-state index contributed by atoms with van der Waals surface area (Å²) in [5, 5.41) is 0. The van der Waals surface area contributed by atoms with Gasteiger partial charge in [0, 0.05) is 32.5 Å². The van der Waals surface area contributed by atoms with Gasteiger partial charge in [-0.05, 0) is 30.9 Å². The Bertz CT molecular complexity index is 509. The van der Waals surface area contributed by atoms with E-state index in [0.717, 1.165) is 6.42 Å². The summed E-state index contributed by atoms with van der Waals surface area (Å²) in [6.45, 7) is 3.82. The van der Waals surface area contributed by atoms with E-state index in [1.807, 2.05) is 7.05 Å². The summed E-state index contributed by atoms with van der Waals surface area (Å²) >= 11 is 0. The van der Waals surface area contributed by atoms with Crippen molar-refractivity contribution in [3.63, 3.8) is 0 Å². The van der Waals surface area contributed by atoms with Gasteiger partial charge in [-0.3, -0.25) is 0 Å². The van der Waals surface area contributed by atoms with E-state index in [1.165, 1.54) is 0 Å². The van der Waals surface area contributed by atoms with Gasteiger partial charge in [-0.1, -0.05) is 6.92 Å². The summed E-state index contributed by atoms with van der Waals surface area (Å²) in [6, 6.07) is 1.64. The fraction of sp³-hybridized carbons (Fsp3) is 0.667. The van der Waals surface area contributed by atoms with Gasteiger partial charge in [-0.25, -0.2) is 8.42 Å². The largest absolute Gasteiger partial charge is 0.356 e. The molecule has 1 aliphatic heterocycles. The Labute approximate surface area is 109 Å². The first-order valence-electron chi connectivity index (χ1n) is 6.27. The number of rotatable bonds is 3. The molecule has 102 valence electrons. The second kappa shape index (κ2) is 5.03. The molecule has 2 N–H and O–H groups in total. The van der Waals surface area contributed by atoms with Crippen LogP contribution in [0.5, 0.6) is 0 Å². The molecule has 2 heterocycles.